The van der Waals surface area contributed by atoms with Crippen LogP contribution in [0.25, 0.3) is 0 Å². The molecule has 1 aromatic carbocycles. The Morgan fingerprint density at radius 3 is 2.24 bits per heavy atom. The molecule has 1 amide bonds. The molecule has 0 saturated carbocycles. The van der Waals surface area contributed by atoms with E-state index in [2.05, 4.69) is 5.32 Å². The summed E-state index contributed by atoms with van der Waals surface area (Å²) in [5, 5.41) is 20.1. The van der Waals surface area contributed by atoms with E-state index in [-0.39, 0.29) is 12.2 Å². The van der Waals surface area contributed by atoms with Crippen molar-refractivity contribution < 1.29 is 33.0 Å². The Balaban J connectivity index is 2.59. The van der Waals surface area contributed by atoms with Gasteiger partial charge in [0.25, 0.3) is 0 Å². The van der Waals surface area contributed by atoms with Crippen LogP contribution in [0.3, 0.4) is 0 Å². The number of carbonyl (C=O) groups is 2. The Hall–Kier alpha value is -2.25. The number of carbonyl (C=O) groups excluding carboxylic acids is 1. The molecule has 0 heterocycles. The summed E-state index contributed by atoms with van der Waals surface area (Å²) in [4.78, 5) is 22.4. The number of carboxylic acids is 1. The first-order valence-electron chi connectivity index (χ1n) is 6.04. The second-order valence-electron chi connectivity index (χ2n) is 4.44. The number of benzene rings is 1. The number of carboxylic acid groups (broad SMARTS) is 1. The molecule has 0 aliphatic carbocycles. The van der Waals surface area contributed by atoms with Gasteiger partial charge in [-0.05, 0) is 17.7 Å². The molecule has 21 heavy (non-hydrogen) atoms. The normalized spacial score (nSPS) is 12.7. The minimum absolute atomic E-state index is 0.000150. The third kappa shape index (κ3) is 6.64. The van der Waals surface area contributed by atoms with Crippen LogP contribution in [0.15, 0.2) is 24.3 Å². The van der Waals surface area contributed by atoms with Crippen molar-refractivity contribution in [1.29, 1.82) is 0 Å². The molecule has 0 spiro atoms. The van der Waals surface area contributed by atoms with Gasteiger partial charge in [-0.3, -0.25) is 4.79 Å². The summed E-state index contributed by atoms with van der Waals surface area (Å²) < 4.78 is 35.9. The molecule has 0 aliphatic heterocycles. The highest BCUT2D eigenvalue weighted by Gasteiger charge is 2.29. The molecule has 1 aromatic rings. The summed E-state index contributed by atoms with van der Waals surface area (Å²) in [7, 11) is 0. The van der Waals surface area contributed by atoms with Gasteiger partial charge in [0.2, 0.25) is 5.91 Å². The number of amides is 1. The number of nitrogens with one attached hydrogen (secondary N) is 1. The molecule has 0 aromatic heterocycles. The van der Waals surface area contributed by atoms with E-state index in [0.29, 0.717) is 5.56 Å². The van der Waals surface area contributed by atoms with Gasteiger partial charge in [-0.2, -0.15) is 13.2 Å². The molecule has 0 radical (unpaired) electrons. The van der Waals surface area contributed by atoms with E-state index in [4.69, 9.17) is 10.2 Å². The van der Waals surface area contributed by atoms with Crippen molar-refractivity contribution in [3.8, 4) is 5.75 Å². The van der Waals surface area contributed by atoms with Crippen LogP contribution in [0.4, 0.5) is 13.2 Å². The lowest BCUT2D eigenvalue weighted by Gasteiger charge is -2.15. The van der Waals surface area contributed by atoms with E-state index >= 15 is 0 Å². The number of hydrogen-bond donors (Lipinski definition) is 3. The summed E-state index contributed by atoms with van der Waals surface area (Å²) >= 11 is 0. The van der Waals surface area contributed by atoms with Gasteiger partial charge in [-0.15, -0.1) is 0 Å². The van der Waals surface area contributed by atoms with Gasteiger partial charge in [0.05, 0.1) is 6.42 Å². The Morgan fingerprint density at radius 2 is 1.76 bits per heavy atom. The maximum absolute atomic E-state index is 12.0. The minimum Gasteiger partial charge on any atom is -0.508 e. The number of hydrogen-bond acceptors (Lipinski definition) is 3. The largest absolute Gasteiger partial charge is 0.508 e. The van der Waals surface area contributed by atoms with Crippen molar-refractivity contribution in [3.05, 3.63) is 29.8 Å². The zero-order chi connectivity index (χ0) is 16.0. The number of alkyl halides is 3. The van der Waals surface area contributed by atoms with Crippen LogP contribution in [0.2, 0.25) is 0 Å². The lowest BCUT2D eigenvalue weighted by atomic mass is 10.1. The highest BCUT2D eigenvalue weighted by Crippen LogP contribution is 2.21. The van der Waals surface area contributed by atoms with E-state index < -0.39 is 36.9 Å². The number of phenols is 1. The van der Waals surface area contributed by atoms with Crippen LogP contribution >= 0.6 is 0 Å². The Labute approximate surface area is 118 Å². The maximum Gasteiger partial charge on any atom is 0.389 e. The maximum atomic E-state index is 12.0. The molecule has 3 N–H and O–H groups in total. The van der Waals surface area contributed by atoms with Crippen molar-refractivity contribution in [2.45, 2.75) is 31.5 Å². The molecular weight excluding hydrogens is 291 g/mol. The molecule has 116 valence electrons. The number of phenolic OH excluding ortho intramolecular Hbond substituents is 1. The first-order chi connectivity index (χ1) is 9.67. The molecule has 5 nitrogen and oxygen atoms in total. The van der Waals surface area contributed by atoms with E-state index in [1.807, 2.05) is 0 Å². The van der Waals surface area contributed by atoms with Crippen molar-refractivity contribution in [3.63, 3.8) is 0 Å². The third-order valence-electron chi connectivity index (χ3n) is 2.65. The third-order valence-corrected chi connectivity index (χ3v) is 2.65. The Morgan fingerprint density at radius 1 is 1.19 bits per heavy atom. The minimum atomic E-state index is -4.47. The quantitative estimate of drug-likeness (QED) is 0.748. The lowest BCUT2D eigenvalue weighted by molar-refractivity contribution is -0.146. The molecule has 0 saturated heterocycles. The molecule has 0 fully saturated rings. The predicted molar refractivity (Wildman–Crippen MR) is 66.7 cm³/mol. The van der Waals surface area contributed by atoms with E-state index in [9.17, 15) is 22.8 Å². The Bertz CT molecular complexity index is 499. The molecule has 0 aliphatic rings. The van der Waals surface area contributed by atoms with Crippen LogP contribution in [0.5, 0.6) is 5.75 Å². The van der Waals surface area contributed by atoms with Gasteiger partial charge >= 0.3 is 12.1 Å². The van der Waals surface area contributed by atoms with Gasteiger partial charge < -0.3 is 15.5 Å². The van der Waals surface area contributed by atoms with E-state index in [1.165, 1.54) is 24.3 Å². The van der Waals surface area contributed by atoms with Gasteiger partial charge in [0.1, 0.15) is 11.8 Å². The second kappa shape index (κ2) is 6.96. The van der Waals surface area contributed by atoms with Crippen molar-refractivity contribution in [2.24, 2.45) is 0 Å². The topological polar surface area (TPSA) is 86.6 Å². The highest BCUT2D eigenvalue weighted by molar-refractivity contribution is 5.83. The monoisotopic (exact) mass is 305 g/mol. The van der Waals surface area contributed by atoms with Crippen LogP contribution in [-0.2, 0) is 16.0 Å². The Kier molecular flexibility index (Phi) is 5.57. The fourth-order valence-corrected chi connectivity index (χ4v) is 1.59. The molecular formula is C13H14F3NO4. The van der Waals surface area contributed by atoms with Crippen LogP contribution < -0.4 is 5.32 Å². The molecule has 0 bridgehead atoms. The number of rotatable bonds is 6. The summed E-state index contributed by atoms with van der Waals surface area (Å²) in [6.45, 7) is 0. The van der Waals surface area contributed by atoms with Crippen molar-refractivity contribution in [1.82, 2.24) is 5.32 Å². The lowest BCUT2D eigenvalue weighted by Crippen LogP contribution is -2.42. The van der Waals surface area contributed by atoms with Crippen molar-refractivity contribution >= 4 is 11.9 Å². The average Bonchev–Trinajstić information content (AvgIpc) is 2.37. The first kappa shape index (κ1) is 16.8. The number of aromatic hydroxyl groups is 1. The summed E-state index contributed by atoms with van der Waals surface area (Å²) in [6.07, 6.45) is -6.67. The fourth-order valence-electron chi connectivity index (χ4n) is 1.59. The van der Waals surface area contributed by atoms with E-state index in [0.717, 1.165) is 0 Å². The molecule has 0 unspecified atom stereocenters. The number of halogens is 3. The van der Waals surface area contributed by atoms with Gasteiger partial charge in [0.15, 0.2) is 0 Å². The average molecular weight is 305 g/mol. The zero-order valence-electron chi connectivity index (χ0n) is 10.9. The smallest absolute Gasteiger partial charge is 0.389 e. The molecule has 1 rings (SSSR count). The molecule has 1 atom stereocenters. The van der Waals surface area contributed by atoms with Gasteiger partial charge in [-0.1, -0.05) is 12.1 Å². The van der Waals surface area contributed by atoms with Crippen molar-refractivity contribution in [2.75, 3.05) is 0 Å². The number of aliphatic carboxylic acids is 1. The van der Waals surface area contributed by atoms with Crippen LogP contribution in [0, 0.1) is 0 Å². The standard InChI is InChI=1S/C13H14F3NO4/c14-13(15,16)6-5-11(19)17-10(12(20)21)7-8-1-3-9(18)4-2-8/h1-4,10,18H,5-7H2,(H,17,19)(H,20,21)/t10-/m1/s1. The summed E-state index contributed by atoms with van der Waals surface area (Å²) in [5.41, 5.74) is 0.524. The van der Waals surface area contributed by atoms with Gasteiger partial charge in [0, 0.05) is 12.8 Å². The predicted octanol–water partition coefficient (Wildman–Crippen LogP) is 1.85. The summed E-state index contributed by atoms with van der Waals surface area (Å²) in [6, 6.07) is 4.30. The first-order valence-corrected chi connectivity index (χ1v) is 6.04. The zero-order valence-corrected chi connectivity index (χ0v) is 10.9. The fraction of sp³-hybridized carbons (Fsp3) is 0.385. The van der Waals surface area contributed by atoms with Gasteiger partial charge in [-0.25, -0.2) is 4.79 Å². The molecule has 8 heteroatoms. The highest BCUT2D eigenvalue weighted by atomic mass is 19.4. The van der Waals surface area contributed by atoms with Crippen LogP contribution in [0.1, 0.15) is 18.4 Å². The van der Waals surface area contributed by atoms with E-state index in [1.54, 1.807) is 0 Å². The summed E-state index contributed by atoms with van der Waals surface area (Å²) in [5.74, 6) is -2.32. The SMILES string of the molecule is O=C(CCC(F)(F)F)N[C@H](Cc1ccc(O)cc1)C(=O)O. The second-order valence-corrected chi connectivity index (χ2v) is 4.44. The van der Waals surface area contributed by atoms with Crippen LogP contribution in [-0.4, -0.2) is 34.3 Å².